The monoisotopic (exact) mass is 225 g/mol. The van der Waals surface area contributed by atoms with Crippen LogP contribution in [-0.4, -0.2) is 18.8 Å². The molecule has 1 rings (SSSR count). The fourth-order valence-electron chi connectivity index (χ4n) is 1.70. The first-order valence-corrected chi connectivity index (χ1v) is 5.50. The van der Waals surface area contributed by atoms with Crippen molar-refractivity contribution in [2.75, 3.05) is 12.4 Å². The van der Waals surface area contributed by atoms with Crippen LogP contribution in [0.1, 0.15) is 27.2 Å². The molecule has 1 aromatic rings. The molecule has 2 nitrogen and oxygen atoms in total. The van der Waals surface area contributed by atoms with Crippen LogP contribution in [0.25, 0.3) is 0 Å². The molecule has 3 heteroatoms. The van der Waals surface area contributed by atoms with Crippen molar-refractivity contribution in [2.45, 2.75) is 38.8 Å². The zero-order valence-electron chi connectivity index (χ0n) is 10.4. The summed E-state index contributed by atoms with van der Waals surface area (Å²) in [7, 11) is 1.71. The van der Waals surface area contributed by atoms with E-state index in [0.29, 0.717) is 0 Å². The second-order valence-corrected chi connectivity index (χ2v) is 4.72. The molecule has 1 unspecified atom stereocenters. The minimum absolute atomic E-state index is 0.146. The Morgan fingerprint density at radius 3 is 2.38 bits per heavy atom. The summed E-state index contributed by atoms with van der Waals surface area (Å²) >= 11 is 0. The van der Waals surface area contributed by atoms with Crippen molar-refractivity contribution in [1.82, 2.24) is 0 Å². The predicted molar refractivity (Wildman–Crippen MR) is 65.2 cm³/mol. The Morgan fingerprint density at radius 2 is 1.88 bits per heavy atom. The van der Waals surface area contributed by atoms with Crippen LogP contribution in [0.15, 0.2) is 24.3 Å². The van der Waals surface area contributed by atoms with Gasteiger partial charge in [0.05, 0.1) is 5.60 Å². The molecule has 1 N–H and O–H groups in total. The Labute approximate surface area is 96.8 Å². The number of hydrogen-bond donors (Lipinski definition) is 1. The van der Waals surface area contributed by atoms with Crippen molar-refractivity contribution in [3.8, 4) is 0 Å². The fourth-order valence-corrected chi connectivity index (χ4v) is 1.70. The van der Waals surface area contributed by atoms with Gasteiger partial charge in [-0.1, -0.05) is 0 Å². The number of ether oxygens (including phenoxy) is 1. The van der Waals surface area contributed by atoms with E-state index >= 15 is 0 Å². The van der Waals surface area contributed by atoms with Crippen LogP contribution in [-0.2, 0) is 4.74 Å². The molecular formula is C13H20FNO. The largest absolute Gasteiger partial charge is 0.382 e. The standard InChI is InChI=1S/C13H20FNO/c1-10(9-13(2,3)16-4)15-12-7-5-11(14)6-8-12/h5-8,10,15H,9H2,1-4H3. The molecule has 90 valence electrons. The average molecular weight is 225 g/mol. The fraction of sp³-hybridized carbons (Fsp3) is 0.538. The maximum atomic E-state index is 12.7. The predicted octanol–water partition coefficient (Wildman–Crippen LogP) is 3.44. The molecule has 0 aliphatic rings. The second-order valence-electron chi connectivity index (χ2n) is 4.72. The van der Waals surface area contributed by atoms with Gasteiger partial charge >= 0.3 is 0 Å². The lowest BCUT2D eigenvalue weighted by molar-refractivity contribution is 0.0128. The van der Waals surface area contributed by atoms with Gasteiger partial charge < -0.3 is 10.1 Å². The molecule has 0 spiro atoms. The third-order valence-corrected chi connectivity index (χ3v) is 2.61. The number of benzene rings is 1. The Bertz CT molecular complexity index is 321. The van der Waals surface area contributed by atoms with Gasteiger partial charge in [-0.2, -0.15) is 0 Å². The van der Waals surface area contributed by atoms with Gasteiger partial charge in [0.1, 0.15) is 5.82 Å². The van der Waals surface area contributed by atoms with E-state index in [1.807, 2.05) is 0 Å². The van der Waals surface area contributed by atoms with Crippen molar-refractivity contribution in [3.63, 3.8) is 0 Å². The van der Waals surface area contributed by atoms with Crippen molar-refractivity contribution in [3.05, 3.63) is 30.1 Å². The maximum Gasteiger partial charge on any atom is 0.123 e. The third kappa shape index (κ3) is 4.19. The van der Waals surface area contributed by atoms with Crippen LogP contribution in [0.5, 0.6) is 0 Å². The molecule has 0 amide bonds. The maximum absolute atomic E-state index is 12.7. The highest BCUT2D eigenvalue weighted by atomic mass is 19.1. The quantitative estimate of drug-likeness (QED) is 0.828. The smallest absolute Gasteiger partial charge is 0.123 e. The lowest BCUT2D eigenvalue weighted by atomic mass is 10.00. The topological polar surface area (TPSA) is 21.3 Å². The minimum Gasteiger partial charge on any atom is -0.382 e. The first-order chi connectivity index (χ1) is 7.43. The molecule has 0 radical (unpaired) electrons. The zero-order chi connectivity index (χ0) is 12.2. The summed E-state index contributed by atoms with van der Waals surface area (Å²) in [4.78, 5) is 0. The lowest BCUT2D eigenvalue weighted by Crippen LogP contribution is -2.31. The lowest BCUT2D eigenvalue weighted by Gasteiger charge is -2.27. The number of anilines is 1. The van der Waals surface area contributed by atoms with Gasteiger partial charge in [0.15, 0.2) is 0 Å². The zero-order valence-corrected chi connectivity index (χ0v) is 10.4. The molecule has 1 aromatic carbocycles. The number of methoxy groups -OCH3 is 1. The summed E-state index contributed by atoms with van der Waals surface area (Å²) in [6.45, 7) is 6.19. The van der Waals surface area contributed by atoms with Crippen molar-refractivity contribution >= 4 is 5.69 Å². The number of rotatable bonds is 5. The van der Waals surface area contributed by atoms with Gasteiger partial charge in [0.25, 0.3) is 0 Å². The molecule has 0 saturated carbocycles. The van der Waals surface area contributed by atoms with Crippen LogP contribution in [0.4, 0.5) is 10.1 Å². The third-order valence-electron chi connectivity index (χ3n) is 2.61. The van der Waals surface area contributed by atoms with Gasteiger partial charge in [-0.25, -0.2) is 4.39 Å². The molecule has 0 saturated heterocycles. The highest BCUT2D eigenvalue weighted by Crippen LogP contribution is 2.18. The molecule has 0 heterocycles. The van der Waals surface area contributed by atoms with Crippen molar-refractivity contribution in [2.24, 2.45) is 0 Å². The van der Waals surface area contributed by atoms with Crippen LogP contribution in [0.2, 0.25) is 0 Å². The normalized spacial score (nSPS) is 13.6. The van der Waals surface area contributed by atoms with Gasteiger partial charge in [0.2, 0.25) is 0 Å². The summed E-state index contributed by atoms with van der Waals surface area (Å²) in [6, 6.07) is 6.67. The van der Waals surface area contributed by atoms with Crippen molar-refractivity contribution in [1.29, 1.82) is 0 Å². The van der Waals surface area contributed by atoms with E-state index in [-0.39, 0.29) is 17.5 Å². The molecule has 0 fully saturated rings. The Balaban J connectivity index is 2.51. The van der Waals surface area contributed by atoms with E-state index in [1.165, 1.54) is 12.1 Å². The minimum atomic E-state index is -0.213. The number of hydrogen-bond acceptors (Lipinski definition) is 2. The van der Waals surface area contributed by atoms with Crippen LogP contribution in [0, 0.1) is 5.82 Å². The van der Waals surface area contributed by atoms with E-state index < -0.39 is 0 Å². The van der Waals surface area contributed by atoms with Crippen LogP contribution >= 0.6 is 0 Å². The van der Waals surface area contributed by atoms with E-state index in [9.17, 15) is 4.39 Å². The van der Waals surface area contributed by atoms with Crippen molar-refractivity contribution < 1.29 is 9.13 Å². The summed E-state index contributed by atoms with van der Waals surface area (Å²) in [5, 5.41) is 3.31. The van der Waals surface area contributed by atoms with E-state index in [2.05, 4.69) is 26.1 Å². The Hall–Kier alpha value is -1.09. The molecule has 0 aromatic heterocycles. The van der Waals surface area contributed by atoms with Gasteiger partial charge in [-0.3, -0.25) is 0 Å². The van der Waals surface area contributed by atoms with Gasteiger partial charge in [0, 0.05) is 18.8 Å². The number of nitrogens with one attached hydrogen (secondary N) is 1. The summed E-state index contributed by atoms with van der Waals surface area (Å²) in [6.07, 6.45) is 0.890. The van der Waals surface area contributed by atoms with Crippen LogP contribution < -0.4 is 5.32 Å². The van der Waals surface area contributed by atoms with E-state index in [4.69, 9.17) is 4.74 Å². The van der Waals surface area contributed by atoms with Crippen LogP contribution in [0.3, 0.4) is 0 Å². The SMILES string of the molecule is COC(C)(C)CC(C)Nc1ccc(F)cc1. The van der Waals surface area contributed by atoms with Gasteiger partial charge in [-0.05, 0) is 51.5 Å². The molecule has 1 atom stereocenters. The summed E-state index contributed by atoms with van der Waals surface area (Å²) < 4.78 is 18.1. The molecular weight excluding hydrogens is 205 g/mol. The number of halogens is 1. The summed E-state index contributed by atoms with van der Waals surface area (Å²) in [5.41, 5.74) is 0.785. The molecule has 0 aliphatic heterocycles. The van der Waals surface area contributed by atoms with E-state index in [0.717, 1.165) is 12.1 Å². The first-order valence-electron chi connectivity index (χ1n) is 5.50. The molecule has 0 bridgehead atoms. The molecule has 0 aliphatic carbocycles. The van der Waals surface area contributed by atoms with E-state index in [1.54, 1.807) is 19.2 Å². The van der Waals surface area contributed by atoms with Gasteiger partial charge in [-0.15, -0.1) is 0 Å². The highest BCUT2D eigenvalue weighted by molar-refractivity contribution is 5.43. The average Bonchev–Trinajstić information content (AvgIpc) is 2.21. The Kier molecular flexibility index (Phi) is 4.30. The Morgan fingerprint density at radius 1 is 1.31 bits per heavy atom. The first kappa shape index (κ1) is 13.0. The summed E-state index contributed by atoms with van der Waals surface area (Å²) in [5.74, 6) is -0.213. The second kappa shape index (κ2) is 5.30. The highest BCUT2D eigenvalue weighted by Gasteiger charge is 2.19. The molecule has 16 heavy (non-hydrogen) atoms.